The number of hydrogen-bond acceptors (Lipinski definition) is 4. The second-order valence-electron chi connectivity index (χ2n) is 5.13. The van der Waals surface area contributed by atoms with Gasteiger partial charge in [0.25, 0.3) is 0 Å². The highest BCUT2D eigenvalue weighted by molar-refractivity contribution is 7.89. The zero-order valence-corrected chi connectivity index (χ0v) is 12.9. The molecule has 0 saturated carbocycles. The number of pyridine rings is 1. The van der Waals surface area contributed by atoms with Gasteiger partial charge in [0.1, 0.15) is 4.90 Å². The van der Waals surface area contributed by atoms with Gasteiger partial charge in [-0.3, -0.25) is 4.98 Å². The lowest BCUT2D eigenvalue weighted by molar-refractivity contribution is 0.581. The quantitative estimate of drug-likeness (QED) is 0.887. The summed E-state index contributed by atoms with van der Waals surface area (Å²) in [4.78, 5) is 3.80. The first kappa shape index (κ1) is 15.5. The van der Waals surface area contributed by atoms with Crippen molar-refractivity contribution in [2.45, 2.75) is 31.2 Å². The summed E-state index contributed by atoms with van der Waals surface area (Å²) in [6.45, 7) is 4.45. The molecular weight excluding hydrogens is 286 g/mol. The van der Waals surface area contributed by atoms with Gasteiger partial charge >= 0.3 is 0 Å². The van der Waals surface area contributed by atoms with Crippen LogP contribution in [0.3, 0.4) is 0 Å². The van der Waals surface area contributed by atoms with Gasteiger partial charge in [-0.05, 0) is 23.1 Å². The van der Waals surface area contributed by atoms with Crippen molar-refractivity contribution in [2.75, 3.05) is 5.73 Å². The molecule has 0 amide bonds. The lowest BCUT2D eigenvalue weighted by atomic mass is 10.0. The van der Waals surface area contributed by atoms with Crippen molar-refractivity contribution in [3.8, 4) is 0 Å². The predicted molar refractivity (Wildman–Crippen MR) is 83.2 cm³/mol. The Labute approximate surface area is 125 Å². The SMILES string of the molecule is CC(C)c1ccc(CNS(=O)(=O)c2cnccc2N)cc1. The van der Waals surface area contributed by atoms with Gasteiger partial charge < -0.3 is 5.73 Å². The van der Waals surface area contributed by atoms with Crippen molar-refractivity contribution < 1.29 is 8.42 Å². The lowest BCUT2D eigenvalue weighted by Gasteiger charge is -2.10. The summed E-state index contributed by atoms with van der Waals surface area (Å²) in [6.07, 6.45) is 2.71. The summed E-state index contributed by atoms with van der Waals surface area (Å²) in [5.74, 6) is 0.450. The molecule has 6 heteroatoms. The monoisotopic (exact) mass is 305 g/mol. The van der Waals surface area contributed by atoms with E-state index < -0.39 is 10.0 Å². The maximum Gasteiger partial charge on any atom is 0.244 e. The summed E-state index contributed by atoms with van der Waals surface area (Å²) in [5, 5.41) is 0. The van der Waals surface area contributed by atoms with Gasteiger partial charge in [-0.1, -0.05) is 38.1 Å². The van der Waals surface area contributed by atoms with E-state index >= 15 is 0 Å². The van der Waals surface area contributed by atoms with Gasteiger partial charge in [-0.2, -0.15) is 0 Å². The number of aromatic nitrogens is 1. The molecule has 21 heavy (non-hydrogen) atoms. The zero-order valence-electron chi connectivity index (χ0n) is 12.1. The van der Waals surface area contributed by atoms with Crippen LogP contribution in [0.25, 0.3) is 0 Å². The summed E-state index contributed by atoms with van der Waals surface area (Å²) in [7, 11) is -3.65. The van der Waals surface area contributed by atoms with Crippen molar-refractivity contribution >= 4 is 15.7 Å². The Morgan fingerprint density at radius 1 is 1.19 bits per heavy atom. The molecule has 0 bridgehead atoms. The molecule has 0 spiro atoms. The number of sulfonamides is 1. The molecule has 0 radical (unpaired) electrons. The highest BCUT2D eigenvalue weighted by Crippen LogP contribution is 2.17. The van der Waals surface area contributed by atoms with Crippen molar-refractivity contribution in [1.82, 2.24) is 9.71 Å². The van der Waals surface area contributed by atoms with E-state index in [1.165, 1.54) is 24.0 Å². The molecule has 0 fully saturated rings. The third-order valence-electron chi connectivity index (χ3n) is 3.22. The molecule has 1 aromatic heterocycles. The summed E-state index contributed by atoms with van der Waals surface area (Å²) < 4.78 is 26.9. The second-order valence-corrected chi connectivity index (χ2v) is 6.87. The highest BCUT2D eigenvalue weighted by Gasteiger charge is 2.17. The van der Waals surface area contributed by atoms with Crippen LogP contribution < -0.4 is 10.5 Å². The number of rotatable bonds is 5. The largest absolute Gasteiger partial charge is 0.398 e. The number of anilines is 1. The Morgan fingerprint density at radius 2 is 1.86 bits per heavy atom. The first-order valence-electron chi connectivity index (χ1n) is 6.68. The molecule has 2 rings (SSSR count). The Morgan fingerprint density at radius 3 is 2.43 bits per heavy atom. The van der Waals surface area contributed by atoms with E-state index in [9.17, 15) is 8.42 Å². The first-order valence-corrected chi connectivity index (χ1v) is 8.16. The van der Waals surface area contributed by atoms with E-state index in [4.69, 9.17) is 5.73 Å². The lowest BCUT2D eigenvalue weighted by Crippen LogP contribution is -2.24. The molecule has 3 N–H and O–H groups in total. The van der Waals surface area contributed by atoms with Gasteiger partial charge in [-0.15, -0.1) is 0 Å². The predicted octanol–water partition coefficient (Wildman–Crippen LogP) is 2.27. The van der Waals surface area contributed by atoms with Crippen LogP contribution >= 0.6 is 0 Å². The number of nitrogens with zero attached hydrogens (tertiary/aromatic N) is 1. The minimum Gasteiger partial charge on any atom is -0.398 e. The van der Waals surface area contributed by atoms with Crippen LogP contribution in [0.4, 0.5) is 5.69 Å². The standard InChI is InChI=1S/C15H19N3O2S/c1-11(2)13-5-3-12(4-6-13)9-18-21(19,20)15-10-17-8-7-14(15)16/h3-8,10-11,18H,9H2,1-2H3,(H2,16,17). The smallest absolute Gasteiger partial charge is 0.244 e. The van der Waals surface area contributed by atoms with E-state index in [1.54, 1.807) is 0 Å². The van der Waals surface area contributed by atoms with Crippen LogP contribution in [0.5, 0.6) is 0 Å². The fourth-order valence-corrected chi connectivity index (χ4v) is 2.98. The topological polar surface area (TPSA) is 85.1 Å². The summed E-state index contributed by atoms with van der Waals surface area (Å²) in [6, 6.07) is 9.32. The average Bonchev–Trinajstić information content (AvgIpc) is 2.46. The van der Waals surface area contributed by atoms with Crippen LogP contribution in [0.1, 0.15) is 30.9 Å². The number of benzene rings is 1. The van der Waals surface area contributed by atoms with Gasteiger partial charge in [0.2, 0.25) is 10.0 Å². The fraction of sp³-hybridized carbons (Fsp3) is 0.267. The highest BCUT2D eigenvalue weighted by atomic mass is 32.2. The minimum atomic E-state index is -3.65. The molecule has 2 aromatic rings. The maximum atomic E-state index is 12.2. The Kier molecular flexibility index (Phi) is 4.59. The van der Waals surface area contributed by atoms with Crippen molar-refractivity contribution in [3.63, 3.8) is 0 Å². The summed E-state index contributed by atoms with van der Waals surface area (Å²) in [5.41, 5.74) is 7.97. The molecule has 0 saturated heterocycles. The Hall–Kier alpha value is -1.92. The maximum absolute atomic E-state index is 12.2. The van der Waals surface area contributed by atoms with Crippen LogP contribution in [0, 0.1) is 0 Å². The molecule has 0 aliphatic rings. The average molecular weight is 305 g/mol. The van der Waals surface area contributed by atoms with Crippen LogP contribution in [0.2, 0.25) is 0 Å². The van der Waals surface area contributed by atoms with E-state index in [0.717, 1.165) is 5.56 Å². The molecule has 0 atom stereocenters. The molecule has 1 heterocycles. The minimum absolute atomic E-state index is 0.00352. The molecular formula is C15H19N3O2S. The molecule has 0 unspecified atom stereocenters. The summed E-state index contributed by atoms with van der Waals surface area (Å²) >= 11 is 0. The number of nitrogens with two attached hydrogens (primary N) is 1. The fourth-order valence-electron chi connectivity index (χ4n) is 1.89. The van der Waals surface area contributed by atoms with Crippen molar-refractivity contribution in [2.24, 2.45) is 0 Å². The van der Waals surface area contributed by atoms with E-state index in [2.05, 4.69) is 23.6 Å². The zero-order chi connectivity index (χ0) is 15.5. The van der Waals surface area contributed by atoms with E-state index in [-0.39, 0.29) is 17.1 Å². The first-order chi connectivity index (χ1) is 9.90. The van der Waals surface area contributed by atoms with Gasteiger partial charge in [0.05, 0.1) is 5.69 Å². The second kappa shape index (κ2) is 6.24. The Bertz CT molecular complexity index is 710. The van der Waals surface area contributed by atoms with Crippen molar-refractivity contribution in [1.29, 1.82) is 0 Å². The number of hydrogen-bond donors (Lipinski definition) is 2. The third-order valence-corrected chi connectivity index (χ3v) is 4.66. The Balaban J connectivity index is 2.10. The van der Waals surface area contributed by atoms with Crippen LogP contribution in [-0.4, -0.2) is 13.4 Å². The van der Waals surface area contributed by atoms with Crippen molar-refractivity contribution in [3.05, 3.63) is 53.9 Å². The molecule has 112 valence electrons. The van der Waals surface area contributed by atoms with E-state index in [1.807, 2.05) is 24.3 Å². The van der Waals surface area contributed by atoms with Gasteiger partial charge in [-0.25, -0.2) is 13.1 Å². The molecule has 5 nitrogen and oxygen atoms in total. The number of nitrogens with one attached hydrogen (secondary N) is 1. The van der Waals surface area contributed by atoms with E-state index in [0.29, 0.717) is 5.92 Å². The van der Waals surface area contributed by atoms with Crippen LogP contribution in [-0.2, 0) is 16.6 Å². The molecule has 1 aromatic carbocycles. The van der Waals surface area contributed by atoms with Gasteiger partial charge in [0.15, 0.2) is 0 Å². The number of nitrogen functional groups attached to an aromatic ring is 1. The van der Waals surface area contributed by atoms with Gasteiger partial charge in [0, 0.05) is 18.9 Å². The molecule has 0 aliphatic carbocycles. The normalized spacial score (nSPS) is 11.8. The van der Waals surface area contributed by atoms with Crippen LogP contribution in [0.15, 0.2) is 47.6 Å². The third kappa shape index (κ3) is 3.80. The molecule has 0 aliphatic heterocycles.